The van der Waals surface area contributed by atoms with E-state index in [1.807, 2.05) is 13.8 Å². The van der Waals surface area contributed by atoms with Crippen LogP contribution in [0.4, 0.5) is 4.39 Å². The summed E-state index contributed by atoms with van der Waals surface area (Å²) in [6.07, 6.45) is 0.413. The van der Waals surface area contributed by atoms with Crippen LogP contribution in [0.1, 0.15) is 30.6 Å². The number of benzene rings is 1. The van der Waals surface area contributed by atoms with Crippen molar-refractivity contribution in [1.82, 2.24) is 4.90 Å². The number of rotatable bonds is 6. The Labute approximate surface area is 128 Å². The summed E-state index contributed by atoms with van der Waals surface area (Å²) in [6, 6.07) is 4.40. The zero-order chi connectivity index (χ0) is 15.3. The average molecular weight is 317 g/mol. The van der Waals surface area contributed by atoms with Crippen LogP contribution in [0.5, 0.6) is 0 Å². The zero-order valence-electron chi connectivity index (χ0n) is 11.5. The van der Waals surface area contributed by atoms with E-state index in [4.69, 9.17) is 29.6 Å². The fourth-order valence-electron chi connectivity index (χ4n) is 1.80. The number of halogens is 2. The minimum atomic E-state index is -0.691. The lowest BCUT2D eigenvalue weighted by molar-refractivity contribution is 0.0736. The molecule has 0 radical (unpaired) electrons. The minimum Gasteiger partial charge on any atom is -0.393 e. The lowest BCUT2D eigenvalue weighted by atomic mass is 10.1. The second-order valence-electron chi connectivity index (χ2n) is 4.96. The molecule has 0 spiro atoms. The van der Waals surface area contributed by atoms with Gasteiger partial charge in [0.15, 0.2) is 5.82 Å². The molecule has 0 saturated heterocycles. The van der Waals surface area contributed by atoms with Gasteiger partial charge in [0.05, 0.1) is 15.6 Å². The molecule has 0 saturated carbocycles. The SMILES string of the molecule is CC(C)CN(CCC(N)=S)C(=O)c1cccc(Cl)c1F. The summed E-state index contributed by atoms with van der Waals surface area (Å²) in [5.74, 6) is -0.828. The lowest BCUT2D eigenvalue weighted by Gasteiger charge is -2.24. The van der Waals surface area contributed by atoms with Gasteiger partial charge < -0.3 is 10.6 Å². The maximum Gasteiger partial charge on any atom is 0.256 e. The summed E-state index contributed by atoms with van der Waals surface area (Å²) in [4.78, 5) is 14.3. The highest BCUT2D eigenvalue weighted by atomic mass is 35.5. The number of nitrogens with zero attached hydrogens (tertiary/aromatic N) is 1. The first kappa shape index (κ1) is 16.9. The van der Waals surface area contributed by atoms with E-state index >= 15 is 0 Å². The van der Waals surface area contributed by atoms with Gasteiger partial charge in [0.1, 0.15) is 0 Å². The molecule has 1 amide bonds. The molecule has 0 fully saturated rings. The topological polar surface area (TPSA) is 46.3 Å². The highest BCUT2D eigenvalue weighted by Gasteiger charge is 2.21. The van der Waals surface area contributed by atoms with E-state index in [1.165, 1.54) is 12.1 Å². The van der Waals surface area contributed by atoms with Crippen molar-refractivity contribution in [3.05, 3.63) is 34.6 Å². The zero-order valence-corrected chi connectivity index (χ0v) is 13.1. The first-order valence-corrected chi connectivity index (χ1v) is 7.13. The fourth-order valence-corrected chi connectivity index (χ4v) is 2.07. The molecule has 0 bridgehead atoms. The summed E-state index contributed by atoms with van der Waals surface area (Å²) in [7, 11) is 0. The molecular weight excluding hydrogens is 299 g/mol. The van der Waals surface area contributed by atoms with E-state index in [0.29, 0.717) is 24.5 Å². The molecular formula is C14H18ClFN2OS. The molecule has 0 heterocycles. The number of nitrogens with two attached hydrogens (primary N) is 1. The molecule has 1 aromatic carbocycles. The predicted octanol–water partition coefficient (Wildman–Crippen LogP) is 3.25. The van der Waals surface area contributed by atoms with Gasteiger partial charge in [-0.15, -0.1) is 0 Å². The number of hydrogen-bond acceptors (Lipinski definition) is 2. The lowest BCUT2D eigenvalue weighted by Crippen LogP contribution is -2.37. The van der Waals surface area contributed by atoms with Gasteiger partial charge in [0, 0.05) is 19.5 Å². The molecule has 1 rings (SSSR count). The van der Waals surface area contributed by atoms with Crippen molar-refractivity contribution in [1.29, 1.82) is 0 Å². The van der Waals surface area contributed by atoms with Gasteiger partial charge in [-0.1, -0.05) is 43.7 Å². The van der Waals surface area contributed by atoms with E-state index in [1.54, 1.807) is 11.0 Å². The van der Waals surface area contributed by atoms with Crippen LogP contribution in [0, 0.1) is 11.7 Å². The Kier molecular flexibility index (Phi) is 6.36. The third kappa shape index (κ3) is 4.72. The number of thiocarbonyl (C=S) groups is 1. The quantitative estimate of drug-likeness (QED) is 0.819. The van der Waals surface area contributed by atoms with E-state index < -0.39 is 11.7 Å². The van der Waals surface area contributed by atoms with Gasteiger partial charge in [-0.2, -0.15) is 0 Å². The Balaban J connectivity index is 2.96. The minimum absolute atomic E-state index is 0.0268. The van der Waals surface area contributed by atoms with Gasteiger partial charge in [0.2, 0.25) is 0 Å². The van der Waals surface area contributed by atoms with Gasteiger partial charge in [0.25, 0.3) is 5.91 Å². The highest BCUT2D eigenvalue weighted by Crippen LogP contribution is 2.20. The van der Waals surface area contributed by atoms with Gasteiger partial charge >= 0.3 is 0 Å². The summed E-state index contributed by atoms with van der Waals surface area (Å²) in [6.45, 7) is 4.84. The van der Waals surface area contributed by atoms with Crippen molar-refractivity contribution in [2.75, 3.05) is 13.1 Å². The van der Waals surface area contributed by atoms with E-state index in [2.05, 4.69) is 0 Å². The van der Waals surface area contributed by atoms with Crippen molar-refractivity contribution < 1.29 is 9.18 Å². The Morgan fingerprint density at radius 2 is 2.15 bits per heavy atom. The summed E-state index contributed by atoms with van der Waals surface area (Å²) < 4.78 is 13.9. The van der Waals surface area contributed by atoms with Gasteiger partial charge in [-0.25, -0.2) is 4.39 Å². The second kappa shape index (κ2) is 7.55. The summed E-state index contributed by atoms with van der Waals surface area (Å²) in [5.41, 5.74) is 5.44. The number of carbonyl (C=O) groups is 1. The van der Waals surface area contributed by atoms with Crippen LogP contribution in [0.25, 0.3) is 0 Å². The van der Waals surface area contributed by atoms with E-state index in [9.17, 15) is 9.18 Å². The summed E-state index contributed by atoms with van der Waals surface area (Å²) >= 11 is 10.5. The third-order valence-corrected chi connectivity index (χ3v) is 3.18. The normalized spacial score (nSPS) is 10.7. The van der Waals surface area contributed by atoms with Gasteiger partial charge in [-0.05, 0) is 18.1 Å². The van der Waals surface area contributed by atoms with Crippen LogP contribution in [-0.4, -0.2) is 28.9 Å². The average Bonchev–Trinajstić information content (AvgIpc) is 2.36. The van der Waals surface area contributed by atoms with Crippen LogP contribution in [-0.2, 0) is 0 Å². The standard InChI is InChI=1S/C14H18ClFN2OS/c1-9(2)8-18(7-6-12(17)20)14(19)10-4-3-5-11(15)13(10)16/h3-5,9H,6-8H2,1-2H3,(H2,17,20). The van der Waals surface area contributed by atoms with Crippen molar-refractivity contribution >= 4 is 34.7 Å². The van der Waals surface area contributed by atoms with Crippen molar-refractivity contribution in [3.8, 4) is 0 Å². The van der Waals surface area contributed by atoms with Crippen molar-refractivity contribution in [2.24, 2.45) is 11.7 Å². The molecule has 110 valence electrons. The molecule has 0 aliphatic rings. The molecule has 1 aromatic rings. The largest absolute Gasteiger partial charge is 0.393 e. The Hall–Kier alpha value is -1.20. The third-order valence-electron chi connectivity index (χ3n) is 2.68. The number of amides is 1. The first-order chi connectivity index (χ1) is 9.32. The maximum atomic E-state index is 13.9. The number of carbonyl (C=O) groups excluding carboxylic acids is 1. The molecule has 0 aliphatic carbocycles. The van der Waals surface area contributed by atoms with Crippen LogP contribution >= 0.6 is 23.8 Å². The second-order valence-corrected chi connectivity index (χ2v) is 5.89. The van der Waals surface area contributed by atoms with Crippen molar-refractivity contribution in [3.63, 3.8) is 0 Å². The fraction of sp³-hybridized carbons (Fsp3) is 0.429. The van der Waals surface area contributed by atoms with E-state index in [-0.39, 0.29) is 16.5 Å². The molecule has 20 heavy (non-hydrogen) atoms. The molecule has 0 unspecified atom stereocenters. The highest BCUT2D eigenvalue weighted by molar-refractivity contribution is 7.80. The van der Waals surface area contributed by atoms with Crippen LogP contribution in [0.2, 0.25) is 5.02 Å². The molecule has 2 N–H and O–H groups in total. The smallest absolute Gasteiger partial charge is 0.256 e. The Bertz CT molecular complexity index is 508. The van der Waals surface area contributed by atoms with Crippen LogP contribution < -0.4 is 5.73 Å². The van der Waals surface area contributed by atoms with Gasteiger partial charge in [-0.3, -0.25) is 4.79 Å². The first-order valence-electron chi connectivity index (χ1n) is 6.34. The Morgan fingerprint density at radius 3 is 2.70 bits per heavy atom. The van der Waals surface area contributed by atoms with Crippen molar-refractivity contribution in [2.45, 2.75) is 20.3 Å². The Morgan fingerprint density at radius 1 is 1.50 bits per heavy atom. The molecule has 0 aromatic heterocycles. The van der Waals surface area contributed by atoms with E-state index in [0.717, 1.165) is 0 Å². The maximum absolute atomic E-state index is 13.9. The molecule has 6 heteroatoms. The molecule has 0 atom stereocenters. The van der Waals surface area contributed by atoms with Crippen LogP contribution in [0.3, 0.4) is 0 Å². The molecule has 0 aliphatic heterocycles. The molecule has 3 nitrogen and oxygen atoms in total. The monoisotopic (exact) mass is 316 g/mol. The number of hydrogen-bond donors (Lipinski definition) is 1. The summed E-state index contributed by atoms with van der Waals surface area (Å²) in [5, 5.41) is -0.0605. The van der Waals surface area contributed by atoms with Crippen LogP contribution in [0.15, 0.2) is 18.2 Å². The predicted molar refractivity (Wildman–Crippen MR) is 83.6 cm³/mol.